The molecular weight excluding hydrogens is 212 g/mol. The first-order valence-electron chi connectivity index (χ1n) is 4.24. The zero-order valence-electron chi connectivity index (χ0n) is 8.07. The van der Waals surface area contributed by atoms with Crippen molar-refractivity contribution in [2.75, 3.05) is 20.1 Å². The third kappa shape index (κ3) is 2.56. The molecule has 0 saturated carbocycles. The second-order valence-electron chi connectivity index (χ2n) is 3.62. The standard InChI is InChI=1S/C7H15ClN2O2S/c1-6-4-10(13(8,11)12)5-7(2)9(6)3/h6-7H,4-5H2,1-3H3/t6-,7+. The topological polar surface area (TPSA) is 40.6 Å². The van der Waals surface area contributed by atoms with Crippen LogP contribution in [-0.4, -0.2) is 49.8 Å². The second kappa shape index (κ2) is 3.73. The van der Waals surface area contributed by atoms with Gasteiger partial charge >= 0.3 is 0 Å². The van der Waals surface area contributed by atoms with Crippen LogP contribution in [0.15, 0.2) is 0 Å². The molecule has 1 saturated heterocycles. The molecule has 1 aliphatic rings. The molecule has 1 heterocycles. The fourth-order valence-electron chi connectivity index (χ4n) is 1.53. The smallest absolute Gasteiger partial charge is 0.298 e. The van der Waals surface area contributed by atoms with Gasteiger partial charge in [0.2, 0.25) is 0 Å². The van der Waals surface area contributed by atoms with E-state index in [1.807, 2.05) is 20.9 Å². The molecule has 4 nitrogen and oxygen atoms in total. The molecule has 1 fully saturated rings. The Morgan fingerprint density at radius 1 is 1.23 bits per heavy atom. The first-order valence-corrected chi connectivity index (χ1v) is 6.50. The maximum atomic E-state index is 11.1. The van der Waals surface area contributed by atoms with E-state index in [1.165, 1.54) is 4.31 Å². The summed E-state index contributed by atoms with van der Waals surface area (Å²) < 4.78 is 23.4. The Hall–Kier alpha value is 0.160. The van der Waals surface area contributed by atoms with Crippen LogP contribution >= 0.6 is 10.7 Å². The molecule has 0 aromatic carbocycles. The molecule has 1 rings (SSSR count). The van der Waals surface area contributed by atoms with E-state index in [4.69, 9.17) is 10.7 Å². The number of likely N-dealkylation sites (N-methyl/N-ethyl adjacent to an activating group) is 1. The highest BCUT2D eigenvalue weighted by Gasteiger charge is 2.32. The summed E-state index contributed by atoms with van der Waals surface area (Å²) in [4.78, 5) is 2.15. The van der Waals surface area contributed by atoms with Crippen LogP contribution in [0.2, 0.25) is 0 Å². The van der Waals surface area contributed by atoms with Crippen LogP contribution in [-0.2, 0) is 9.24 Å². The van der Waals surface area contributed by atoms with E-state index in [1.54, 1.807) is 0 Å². The Balaban J connectivity index is 2.75. The van der Waals surface area contributed by atoms with Crippen molar-refractivity contribution in [3.63, 3.8) is 0 Å². The van der Waals surface area contributed by atoms with Crippen LogP contribution in [0.5, 0.6) is 0 Å². The molecule has 0 N–H and O–H groups in total. The number of nitrogens with zero attached hydrogens (tertiary/aromatic N) is 2. The average molecular weight is 227 g/mol. The van der Waals surface area contributed by atoms with Crippen LogP contribution in [0.25, 0.3) is 0 Å². The molecule has 13 heavy (non-hydrogen) atoms. The summed E-state index contributed by atoms with van der Waals surface area (Å²) in [5.41, 5.74) is 0. The lowest BCUT2D eigenvalue weighted by molar-refractivity contribution is 0.106. The lowest BCUT2D eigenvalue weighted by Gasteiger charge is -2.40. The quantitative estimate of drug-likeness (QED) is 0.612. The normalized spacial score (nSPS) is 33.5. The number of halogens is 1. The van der Waals surface area contributed by atoms with Gasteiger partial charge < -0.3 is 0 Å². The number of rotatable bonds is 1. The highest BCUT2D eigenvalue weighted by molar-refractivity contribution is 8.11. The molecule has 0 radical (unpaired) electrons. The summed E-state index contributed by atoms with van der Waals surface area (Å²) in [6, 6.07) is 0.439. The largest absolute Gasteiger partial charge is 0.299 e. The van der Waals surface area contributed by atoms with Crippen molar-refractivity contribution in [2.24, 2.45) is 0 Å². The van der Waals surface area contributed by atoms with Crippen molar-refractivity contribution in [1.29, 1.82) is 0 Å². The third-order valence-corrected chi connectivity index (χ3v) is 4.14. The molecule has 78 valence electrons. The molecule has 0 spiro atoms. The number of hydrogen-bond acceptors (Lipinski definition) is 3. The fraction of sp³-hybridized carbons (Fsp3) is 1.00. The summed E-state index contributed by atoms with van der Waals surface area (Å²) in [5.74, 6) is 0. The first-order chi connectivity index (χ1) is 5.82. The van der Waals surface area contributed by atoms with Gasteiger partial charge in [0.05, 0.1) is 0 Å². The minimum atomic E-state index is -3.54. The summed E-state index contributed by atoms with van der Waals surface area (Å²) >= 11 is 0. The van der Waals surface area contributed by atoms with Gasteiger partial charge in [-0.2, -0.15) is 12.7 Å². The van der Waals surface area contributed by atoms with E-state index in [-0.39, 0.29) is 12.1 Å². The van der Waals surface area contributed by atoms with Crippen LogP contribution in [0.4, 0.5) is 0 Å². The Labute approximate surface area is 84.0 Å². The van der Waals surface area contributed by atoms with Crippen molar-refractivity contribution in [3.8, 4) is 0 Å². The van der Waals surface area contributed by atoms with Crippen molar-refractivity contribution >= 4 is 19.9 Å². The van der Waals surface area contributed by atoms with Gasteiger partial charge in [-0.15, -0.1) is 0 Å². The Morgan fingerprint density at radius 2 is 1.62 bits per heavy atom. The van der Waals surface area contributed by atoms with Gasteiger partial charge in [0.1, 0.15) is 0 Å². The van der Waals surface area contributed by atoms with Crippen molar-refractivity contribution < 1.29 is 8.42 Å². The van der Waals surface area contributed by atoms with E-state index in [2.05, 4.69) is 4.90 Å². The van der Waals surface area contributed by atoms with Gasteiger partial charge in [-0.25, -0.2) is 0 Å². The SMILES string of the molecule is C[C@@H]1CN(S(=O)(=O)Cl)C[C@H](C)N1C. The summed E-state index contributed by atoms with van der Waals surface area (Å²) in [6.45, 7) is 4.94. The molecule has 2 atom stereocenters. The number of hydrogen-bond donors (Lipinski definition) is 0. The summed E-state index contributed by atoms with van der Waals surface area (Å²) in [7, 11) is 3.73. The minimum absolute atomic E-state index is 0.220. The van der Waals surface area contributed by atoms with Crippen molar-refractivity contribution in [3.05, 3.63) is 0 Å². The molecule has 0 aliphatic carbocycles. The lowest BCUT2D eigenvalue weighted by atomic mass is 10.1. The monoisotopic (exact) mass is 226 g/mol. The first kappa shape index (κ1) is 11.2. The van der Waals surface area contributed by atoms with Gasteiger partial charge in [-0.1, -0.05) is 0 Å². The van der Waals surface area contributed by atoms with Gasteiger partial charge in [-0.05, 0) is 20.9 Å². The van der Waals surface area contributed by atoms with E-state index < -0.39 is 9.24 Å². The van der Waals surface area contributed by atoms with E-state index in [0.29, 0.717) is 13.1 Å². The van der Waals surface area contributed by atoms with Crippen LogP contribution < -0.4 is 0 Å². The fourth-order valence-corrected chi connectivity index (χ4v) is 2.66. The Morgan fingerprint density at radius 3 is 1.92 bits per heavy atom. The Bertz CT molecular complexity index is 268. The summed E-state index contributed by atoms with van der Waals surface area (Å²) in [6.07, 6.45) is 0. The Kier molecular flexibility index (Phi) is 3.22. The highest BCUT2D eigenvalue weighted by Crippen LogP contribution is 2.18. The highest BCUT2D eigenvalue weighted by atomic mass is 35.7. The predicted octanol–water partition coefficient (Wildman–Crippen LogP) is 0.494. The van der Waals surface area contributed by atoms with E-state index in [0.717, 1.165) is 0 Å². The second-order valence-corrected chi connectivity index (χ2v) is 6.13. The maximum Gasteiger partial charge on any atom is 0.299 e. The van der Waals surface area contributed by atoms with Crippen LogP contribution in [0, 0.1) is 0 Å². The maximum absolute atomic E-state index is 11.1. The van der Waals surface area contributed by atoms with Crippen molar-refractivity contribution in [2.45, 2.75) is 25.9 Å². The molecular formula is C7H15ClN2O2S. The average Bonchev–Trinajstić information content (AvgIpc) is 1.97. The van der Waals surface area contributed by atoms with Gasteiger partial charge in [0, 0.05) is 35.9 Å². The number of piperazine rings is 1. The zero-order chi connectivity index (χ0) is 10.2. The molecule has 0 unspecified atom stereocenters. The molecule has 0 amide bonds. The molecule has 0 bridgehead atoms. The molecule has 1 aliphatic heterocycles. The minimum Gasteiger partial charge on any atom is -0.298 e. The predicted molar refractivity (Wildman–Crippen MR) is 53.0 cm³/mol. The van der Waals surface area contributed by atoms with Gasteiger partial charge in [0.15, 0.2) is 0 Å². The summed E-state index contributed by atoms with van der Waals surface area (Å²) in [5, 5.41) is 0. The zero-order valence-corrected chi connectivity index (χ0v) is 9.64. The van der Waals surface area contributed by atoms with Crippen molar-refractivity contribution in [1.82, 2.24) is 9.21 Å². The van der Waals surface area contributed by atoms with E-state index in [9.17, 15) is 8.42 Å². The molecule has 6 heteroatoms. The van der Waals surface area contributed by atoms with Gasteiger partial charge in [0.25, 0.3) is 9.24 Å². The van der Waals surface area contributed by atoms with Gasteiger partial charge in [-0.3, -0.25) is 4.90 Å². The van der Waals surface area contributed by atoms with Crippen LogP contribution in [0.3, 0.4) is 0 Å². The van der Waals surface area contributed by atoms with E-state index >= 15 is 0 Å². The third-order valence-electron chi connectivity index (χ3n) is 2.63. The lowest BCUT2D eigenvalue weighted by Crippen LogP contribution is -2.55. The molecule has 0 aromatic rings. The molecule has 0 aromatic heterocycles. The van der Waals surface area contributed by atoms with Crippen LogP contribution in [0.1, 0.15) is 13.8 Å².